The average molecular weight is 292 g/mol. The minimum atomic E-state index is -0.386. The number of amides is 1. The first kappa shape index (κ1) is 12.9. The van der Waals surface area contributed by atoms with E-state index in [9.17, 15) is 4.79 Å². The number of aromatic nitrogens is 3. The van der Waals surface area contributed by atoms with E-state index in [1.54, 1.807) is 12.3 Å². The van der Waals surface area contributed by atoms with Crippen molar-refractivity contribution in [1.29, 1.82) is 0 Å². The van der Waals surface area contributed by atoms with E-state index in [0.29, 0.717) is 17.3 Å². The van der Waals surface area contributed by atoms with Crippen molar-refractivity contribution < 1.29 is 4.79 Å². The SMILES string of the molecule is Cc1ccnc(Cl)c1NC(=O)c1n[nH]c(C2CC2)c1N. The normalized spacial score (nSPS) is 14.3. The van der Waals surface area contributed by atoms with Gasteiger partial charge in [0.1, 0.15) is 0 Å². The maximum atomic E-state index is 12.2. The van der Waals surface area contributed by atoms with Gasteiger partial charge in [-0.05, 0) is 31.4 Å². The number of pyridine rings is 1. The van der Waals surface area contributed by atoms with E-state index < -0.39 is 0 Å². The molecular formula is C13H14ClN5O. The Morgan fingerprint density at radius 3 is 2.95 bits per heavy atom. The van der Waals surface area contributed by atoms with E-state index in [1.165, 1.54) is 0 Å². The van der Waals surface area contributed by atoms with Gasteiger partial charge >= 0.3 is 0 Å². The number of nitrogens with two attached hydrogens (primary N) is 1. The van der Waals surface area contributed by atoms with Gasteiger partial charge in [-0.25, -0.2) is 4.98 Å². The van der Waals surface area contributed by atoms with Crippen LogP contribution in [0.2, 0.25) is 5.15 Å². The number of halogens is 1. The topological polar surface area (TPSA) is 96.7 Å². The van der Waals surface area contributed by atoms with Gasteiger partial charge in [0, 0.05) is 12.1 Å². The molecule has 0 aliphatic heterocycles. The standard InChI is InChI=1S/C13H14ClN5O/c1-6-4-5-16-12(14)9(6)17-13(20)11-8(15)10(18-19-11)7-2-3-7/h4-5,7H,2-3,15H2,1H3,(H,17,20)(H,18,19). The number of H-pyrrole nitrogens is 1. The average Bonchev–Trinajstić information content (AvgIpc) is 3.17. The van der Waals surface area contributed by atoms with Crippen LogP contribution in [0.5, 0.6) is 0 Å². The molecule has 0 atom stereocenters. The Kier molecular flexibility index (Phi) is 3.10. The van der Waals surface area contributed by atoms with Crippen LogP contribution in [0, 0.1) is 6.92 Å². The molecule has 4 N–H and O–H groups in total. The molecule has 0 bridgehead atoms. The first-order valence-corrected chi connectivity index (χ1v) is 6.72. The van der Waals surface area contributed by atoms with Crippen LogP contribution >= 0.6 is 11.6 Å². The summed E-state index contributed by atoms with van der Waals surface area (Å²) in [4.78, 5) is 16.2. The van der Waals surface area contributed by atoms with Crippen molar-refractivity contribution in [2.75, 3.05) is 11.1 Å². The molecule has 104 valence electrons. The van der Waals surface area contributed by atoms with Gasteiger partial charge in [0.15, 0.2) is 10.8 Å². The Labute approximate surface area is 120 Å². The molecular weight excluding hydrogens is 278 g/mol. The van der Waals surface area contributed by atoms with Gasteiger partial charge in [-0.3, -0.25) is 9.89 Å². The fraction of sp³-hybridized carbons (Fsp3) is 0.308. The zero-order chi connectivity index (χ0) is 14.3. The lowest BCUT2D eigenvalue weighted by atomic mass is 10.2. The predicted molar refractivity (Wildman–Crippen MR) is 76.9 cm³/mol. The number of anilines is 2. The molecule has 0 radical (unpaired) electrons. The van der Waals surface area contributed by atoms with E-state index in [4.69, 9.17) is 17.3 Å². The number of carbonyl (C=O) groups excluding carboxylic acids is 1. The van der Waals surface area contributed by atoms with Crippen LogP contribution in [0.4, 0.5) is 11.4 Å². The number of hydrogen-bond acceptors (Lipinski definition) is 4. The van der Waals surface area contributed by atoms with E-state index in [0.717, 1.165) is 24.1 Å². The molecule has 1 fully saturated rings. The van der Waals surface area contributed by atoms with Crippen LogP contribution < -0.4 is 11.1 Å². The molecule has 0 unspecified atom stereocenters. The number of nitrogens with zero attached hydrogens (tertiary/aromatic N) is 2. The lowest BCUT2D eigenvalue weighted by Crippen LogP contribution is -2.15. The second-order valence-corrected chi connectivity index (χ2v) is 5.28. The maximum absolute atomic E-state index is 12.2. The van der Waals surface area contributed by atoms with Gasteiger partial charge in [-0.15, -0.1) is 0 Å². The largest absolute Gasteiger partial charge is 0.395 e. The maximum Gasteiger partial charge on any atom is 0.278 e. The summed E-state index contributed by atoms with van der Waals surface area (Å²) < 4.78 is 0. The smallest absolute Gasteiger partial charge is 0.278 e. The van der Waals surface area contributed by atoms with Crippen molar-refractivity contribution in [3.63, 3.8) is 0 Å². The number of rotatable bonds is 3. The minimum absolute atomic E-state index is 0.200. The highest BCUT2D eigenvalue weighted by molar-refractivity contribution is 6.32. The highest BCUT2D eigenvalue weighted by Crippen LogP contribution is 2.42. The van der Waals surface area contributed by atoms with Gasteiger partial charge in [0.2, 0.25) is 0 Å². The highest BCUT2D eigenvalue weighted by Gasteiger charge is 2.30. The van der Waals surface area contributed by atoms with Crippen molar-refractivity contribution >= 4 is 28.9 Å². The first-order valence-electron chi connectivity index (χ1n) is 6.34. The van der Waals surface area contributed by atoms with Gasteiger partial charge in [-0.2, -0.15) is 5.10 Å². The van der Waals surface area contributed by atoms with Gasteiger partial charge in [0.05, 0.1) is 17.1 Å². The molecule has 3 rings (SSSR count). The Morgan fingerprint density at radius 1 is 1.55 bits per heavy atom. The van der Waals surface area contributed by atoms with E-state index in [2.05, 4.69) is 20.5 Å². The number of nitrogen functional groups attached to an aromatic ring is 1. The molecule has 20 heavy (non-hydrogen) atoms. The molecule has 0 spiro atoms. The zero-order valence-corrected chi connectivity index (χ0v) is 11.7. The summed E-state index contributed by atoms with van der Waals surface area (Å²) in [6.07, 6.45) is 3.75. The first-order chi connectivity index (χ1) is 9.58. The number of aryl methyl sites for hydroxylation is 1. The number of hydrogen-bond donors (Lipinski definition) is 3. The summed E-state index contributed by atoms with van der Waals surface area (Å²) in [6, 6.07) is 1.77. The van der Waals surface area contributed by atoms with Crippen LogP contribution in [-0.4, -0.2) is 21.1 Å². The quantitative estimate of drug-likeness (QED) is 0.757. The van der Waals surface area contributed by atoms with Crippen LogP contribution in [0.1, 0.15) is 40.5 Å². The van der Waals surface area contributed by atoms with E-state index >= 15 is 0 Å². The summed E-state index contributed by atoms with van der Waals surface area (Å²) in [6.45, 7) is 1.84. The fourth-order valence-corrected chi connectivity index (χ4v) is 2.32. The van der Waals surface area contributed by atoms with Crippen molar-refractivity contribution in [2.24, 2.45) is 0 Å². The van der Waals surface area contributed by atoms with Crippen LogP contribution in [0.15, 0.2) is 12.3 Å². The lowest BCUT2D eigenvalue weighted by molar-refractivity contribution is 0.102. The third-order valence-electron chi connectivity index (χ3n) is 3.39. The number of nitrogens with one attached hydrogen (secondary N) is 2. The van der Waals surface area contributed by atoms with Crippen LogP contribution in [0.3, 0.4) is 0 Å². The molecule has 0 aromatic carbocycles. The van der Waals surface area contributed by atoms with Gasteiger partial charge < -0.3 is 11.1 Å². The van der Waals surface area contributed by atoms with Crippen molar-refractivity contribution in [3.05, 3.63) is 34.4 Å². The number of aromatic amines is 1. The molecule has 7 heteroatoms. The van der Waals surface area contributed by atoms with Gasteiger partial charge in [0.25, 0.3) is 5.91 Å². The van der Waals surface area contributed by atoms with Gasteiger partial charge in [-0.1, -0.05) is 11.6 Å². The molecule has 0 saturated heterocycles. The Hall–Kier alpha value is -2.08. The molecule has 1 saturated carbocycles. The minimum Gasteiger partial charge on any atom is -0.395 e. The molecule has 2 aromatic rings. The molecule has 2 heterocycles. The summed E-state index contributed by atoms with van der Waals surface area (Å²) in [5.74, 6) is 0.0245. The summed E-state index contributed by atoms with van der Waals surface area (Å²) >= 11 is 5.98. The van der Waals surface area contributed by atoms with Crippen LogP contribution in [0.25, 0.3) is 0 Å². The van der Waals surface area contributed by atoms with Crippen molar-refractivity contribution in [3.8, 4) is 0 Å². The molecule has 6 nitrogen and oxygen atoms in total. The zero-order valence-electron chi connectivity index (χ0n) is 10.9. The molecule has 1 aliphatic rings. The molecule has 2 aromatic heterocycles. The summed E-state index contributed by atoms with van der Waals surface area (Å²) in [7, 11) is 0. The monoisotopic (exact) mass is 291 g/mol. The third kappa shape index (κ3) is 2.22. The third-order valence-corrected chi connectivity index (χ3v) is 3.67. The summed E-state index contributed by atoms with van der Waals surface area (Å²) in [5.41, 5.74) is 8.75. The van der Waals surface area contributed by atoms with Crippen LogP contribution in [-0.2, 0) is 0 Å². The Morgan fingerprint density at radius 2 is 2.30 bits per heavy atom. The second kappa shape index (κ2) is 4.79. The van der Waals surface area contributed by atoms with E-state index in [-0.39, 0.29) is 16.8 Å². The summed E-state index contributed by atoms with van der Waals surface area (Å²) in [5, 5.41) is 9.81. The highest BCUT2D eigenvalue weighted by atomic mass is 35.5. The second-order valence-electron chi connectivity index (χ2n) is 4.92. The number of carbonyl (C=O) groups is 1. The van der Waals surface area contributed by atoms with Crippen molar-refractivity contribution in [1.82, 2.24) is 15.2 Å². The molecule has 1 aliphatic carbocycles. The van der Waals surface area contributed by atoms with Crippen molar-refractivity contribution in [2.45, 2.75) is 25.7 Å². The Balaban J connectivity index is 1.86. The lowest BCUT2D eigenvalue weighted by Gasteiger charge is -2.08. The Bertz CT molecular complexity index is 657. The predicted octanol–water partition coefficient (Wildman–Crippen LogP) is 2.48. The molecule has 1 amide bonds. The fourth-order valence-electron chi connectivity index (χ4n) is 2.07. The van der Waals surface area contributed by atoms with E-state index in [1.807, 2.05) is 6.92 Å².